The van der Waals surface area contributed by atoms with E-state index in [9.17, 15) is 49.1 Å². The van der Waals surface area contributed by atoms with Crippen molar-refractivity contribution in [2.75, 3.05) is 13.1 Å². The average molecular weight is 595 g/mol. The van der Waals surface area contributed by atoms with Crippen LogP contribution in [0.2, 0.25) is 5.02 Å². The highest BCUT2D eigenvalue weighted by atomic mass is 35.5. The SMILES string of the molecule is CCc1ccc(C(CC(F)c2ccc(C(=O)NCC(=O)NCC(F)(F)F)c(C(F)(F)F)c2)C(F)(F)F)cc1Cl. The molecule has 0 aliphatic carbocycles. The van der Waals surface area contributed by atoms with Crippen molar-refractivity contribution in [3.63, 3.8) is 0 Å². The highest BCUT2D eigenvalue weighted by Gasteiger charge is 2.43. The Labute approximate surface area is 220 Å². The van der Waals surface area contributed by atoms with Crippen LogP contribution in [0.5, 0.6) is 0 Å². The van der Waals surface area contributed by atoms with E-state index in [0.29, 0.717) is 24.1 Å². The van der Waals surface area contributed by atoms with E-state index in [-0.39, 0.29) is 16.7 Å². The molecule has 2 atom stereocenters. The van der Waals surface area contributed by atoms with E-state index in [0.717, 1.165) is 12.1 Å². The number of alkyl halides is 10. The molecule has 0 radical (unpaired) electrons. The van der Waals surface area contributed by atoms with Gasteiger partial charge < -0.3 is 10.6 Å². The first-order chi connectivity index (χ1) is 17.8. The van der Waals surface area contributed by atoms with Crippen LogP contribution in [0.1, 0.15) is 58.0 Å². The molecule has 2 aromatic rings. The van der Waals surface area contributed by atoms with Gasteiger partial charge in [-0.05, 0) is 47.7 Å². The number of hydrogen-bond acceptors (Lipinski definition) is 2. The van der Waals surface area contributed by atoms with Crippen LogP contribution in [0.3, 0.4) is 0 Å². The van der Waals surface area contributed by atoms with Gasteiger partial charge in [0.15, 0.2) is 0 Å². The van der Waals surface area contributed by atoms with E-state index in [2.05, 4.69) is 0 Å². The van der Waals surface area contributed by atoms with Gasteiger partial charge in [0.05, 0.1) is 23.6 Å². The van der Waals surface area contributed by atoms with Crippen LogP contribution in [-0.4, -0.2) is 37.3 Å². The van der Waals surface area contributed by atoms with Crippen molar-refractivity contribution in [1.29, 1.82) is 0 Å². The van der Waals surface area contributed by atoms with Gasteiger partial charge in [-0.1, -0.05) is 36.7 Å². The van der Waals surface area contributed by atoms with Gasteiger partial charge in [0.2, 0.25) is 5.91 Å². The standard InChI is InChI=1S/C24H21ClF10N2O2/c1-2-12-3-4-13(8-18(12)25)16(23(30,31)32)9-19(26)14-5-6-15(17(7-14)24(33,34)35)21(39)36-10-20(38)37-11-22(27,28)29/h3-8,16,19H,2,9-11H2,1H3,(H,36,39)(H,37,38). The zero-order chi connectivity index (χ0) is 29.8. The zero-order valence-electron chi connectivity index (χ0n) is 19.9. The molecule has 2 rings (SSSR count). The number of nitrogens with one attached hydrogen (secondary N) is 2. The first-order valence-electron chi connectivity index (χ1n) is 11.1. The molecule has 0 heterocycles. The summed E-state index contributed by atoms with van der Waals surface area (Å²) in [6.45, 7) is -1.13. The summed E-state index contributed by atoms with van der Waals surface area (Å²) in [5.74, 6) is -5.28. The fraction of sp³-hybridized carbons (Fsp3) is 0.417. The normalized spacial score (nSPS) is 14.1. The molecular formula is C24H21ClF10N2O2. The van der Waals surface area contributed by atoms with Crippen LogP contribution in [0.4, 0.5) is 43.9 Å². The van der Waals surface area contributed by atoms with Crippen LogP contribution in [-0.2, 0) is 17.4 Å². The molecule has 39 heavy (non-hydrogen) atoms. The molecule has 0 saturated carbocycles. The molecule has 4 nitrogen and oxygen atoms in total. The summed E-state index contributed by atoms with van der Waals surface area (Å²) >= 11 is 5.98. The van der Waals surface area contributed by atoms with Crippen molar-refractivity contribution >= 4 is 23.4 Å². The van der Waals surface area contributed by atoms with E-state index in [4.69, 9.17) is 11.6 Å². The van der Waals surface area contributed by atoms with Gasteiger partial charge in [-0.2, -0.15) is 39.5 Å². The lowest BCUT2D eigenvalue weighted by molar-refractivity contribution is -0.155. The van der Waals surface area contributed by atoms with Crippen molar-refractivity contribution < 1.29 is 53.5 Å². The summed E-state index contributed by atoms with van der Waals surface area (Å²) in [6.07, 6.45) is -18.4. The second-order valence-electron chi connectivity index (χ2n) is 8.38. The molecule has 2 amide bonds. The molecule has 0 aromatic heterocycles. The second-order valence-corrected chi connectivity index (χ2v) is 8.79. The quantitative estimate of drug-likeness (QED) is 0.305. The van der Waals surface area contributed by atoms with Crippen molar-refractivity contribution in [1.82, 2.24) is 10.6 Å². The highest BCUT2D eigenvalue weighted by Crippen LogP contribution is 2.44. The predicted molar refractivity (Wildman–Crippen MR) is 121 cm³/mol. The molecule has 0 bridgehead atoms. The van der Waals surface area contributed by atoms with Crippen LogP contribution in [0.25, 0.3) is 0 Å². The molecule has 0 spiro atoms. The lowest BCUT2D eigenvalue weighted by atomic mass is 9.89. The maximum atomic E-state index is 15.0. The lowest BCUT2D eigenvalue weighted by Crippen LogP contribution is -2.41. The summed E-state index contributed by atoms with van der Waals surface area (Å²) in [7, 11) is 0. The van der Waals surface area contributed by atoms with Crippen molar-refractivity contribution in [2.45, 2.75) is 50.4 Å². The molecule has 0 aliphatic rings. The van der Waals surface area contributed by atoms with Gasteiger partial charge in [0, 0.05) is 5.02 Å². The van der Waals surface area contributed by atoms with Crippen molar-refractivity contribution in [3.05, 3.63) is 69.2 Å². The lowest BCUT2D eigenvalue weighted by Gasteiger charge is -2.24. The second kappa shape index (κ2) is 12.4. The van der Waals surface area contributed by atoms with E-state index < -0.39 is 78.6 Å². The maximum absolute atomic E-state index is 15.0. The molecule has 2 N–H and O–H groups in total. The Morgan fingerprint density at radius 1 is 0.897 bits per heavy atom. The third kappa shape index (κ3) is 9.29. The Bertz CT molecular complexity index is 1180. The number of hydrogen-bond donors (Lipinski definition) is 2. The smallest absolute Gasteiger partial charge is 0.345 e. The first-order valence-corrected chi connectivity index (χ1v) is 11.5. The van der Waals surface area contributed by atoms with Gasteiger partial charge in [-0.15, -0.1) is 0 Å². The summed E-state index contributed by atoms with van der Waals surface area (Å²) < 4.78 is 134. The number of aryl methyl sites for hydroxylation is 1. The van der Waals surface area contributed by atoms with E-state index in [1.807, 2.05) is 0 Å². The van der Waals surface area contributed by atoms with E-state index in [1.165, 1.54) is 11.4 Å². The van der Waals surface area contributed by atoms with Gasteiger partial charge in [-0.25, -0.2) is 4.39 Å². The van der Waals surface area contributed by atoms with Gasteiger partial charge in [0.25, 0.3) is 5.91 Å². The Morgan fingerprint density at radius 3 is 2.03 bits per heavy atom. The zero-order valence-corrected chi connectivity index (χ0v) is 20.7. The van der Waals surface area contributed by atoms with E-state index in [1.54, 1.807) is 12.2 Å². The Kier molecular flexibility index (Phi) is 10.3. The third-order valence-corrected chi connectivity index (χ3v) is 5.90. The number of carbonyl (C=O) groups excluding carboxylic acids is 2. The molecule has 2 aromatic carbocycles. The monoisotopic (exact) mass is 594 g/mol. The Hall–Kier alpha value is -3.03. The van der Waals surface area contributed by atoms with Crippen LogP contribution in [0, 0.1) is 0 Å². The largest absolute Gasteiger partial charge is 0.417 e. The third-order valence-electron chi connectivity index (χ3n) is 5.55. The van der Waals surface area contributed by atoms with Crippen molar-refractivity contribution in [2.24, 2.45) is 0 Å². The van der Waals surface area contributed by atoms with Crippen LogP contribution >= 0.6 is 11.6 Å². The predicted octanol–water partition coefficient (Wildman–Crippen LogP) is 7.08. The van der Waals surface area contributed by atoms with E-state index >= 15 is 4.39 Å². The number of rotatable bonds is 9. The molecule has 0 saturated heterocycles. The topological polar surface area (TPSA) is 58.2 Å². The summed E-state index contributed by atoms with van der Waals surface area (Å²) in [5, 5.41) is 3.13. The first kappa shape index (κ1) is 32.2. The number of amides is 2. The molecule has 0 aliphatic heterocycles. The fourth-order valence-electron chi connectivity index (χ4n) is 3.58. The molecular weight excluding hydrogens is 574 g/mol. The van der Waals surface area contributed by atoms with Crippen LogP contribution in [0.15, 0.2) is 36.4 Å². The Morgan fingerprint density at radius 2 is 1.51 bits per heavy atom. The Balaban J connectivity index is 2.29. The summed E-state index contributed by atoms with van der Waals surface area (Å²) in [4.78, 5) is 23.6. The minimum absolute atomic E-state index is 0.0152. The van der Waals surface area contributed by atoms with Crippen LogP contribution < -0.4 is 10.6 Å². The van der Waals surface area contributed by atoms with Crippen molar-refractivity contribution in [3.8, 4) is 0 Å². The molecule has 2 unspecified atom stereocenters. The van der Waals surface area contributed by atoms with Gasteiger partial charge in [-0.3, -0.25) is 9.59 Å². The number of carbonyl (C=O) groups is 2. The molecule has 216 valence electrons. The number of halogens is 11. The molecule has 0 fully saturated rings. The molecule has 15 heteroatoms. The van der Waals surface area contributed by atoms with Gasteiger partial charge >= 0.3 is 18.5 Å². The highest BCUT2D eigenvalue weighted by molar-refractivity contribution is 6.31. The summed E-state index contributed by atoms with van der Waals surface area (Å²) in [6, 6.07) is 4.81. The van der Waals surface area contributed by atoms with Gasteiger partial charge in [0.1, 0.15) is 12.7 Å². The fourth-order valence-corrected chi connectivity index (χ4v) is 3.90. The summed E-state index contributed by atoms with van der Waals surface area (Å²) in [5.41, 5.74) is -3.47. The maximum Gasteiger partial charge on any atom is 0.417 e. The average Bonchev–Trinajstić information content (AvgIpc) is 2.82. The minimum Gasteiger partial charge on any atom is -0.345 e. The number of benzene rings is 2. The minimum atomic E-state index is -5.27.